The monoisotopic (exact) mass is 1850 g/mol. The van der Waals surface area contributed by atoms with Crippen molar-refractivity contribution < 1.29 is 86.7 Å². The number of pyridine rings is 1. The highest BCUT2D eigenvalue weighted by Gasteiger charge is 2.76. The van der Waals surface area contributed by atoms with Crippen LogP contribution in [0.5, 0.6) is 17.2 Å². The molecular weight excluding hydrogens is 1680 g/mol. The van der Waals surface area contributed by atoms with Crippen LogP contribution in [0, 0.1) is 121 Å². The fourth-order valence-corrected chi connectivity index (χ4v) is 26.0. The zero-order chi connectivity index (χ0) is 97.7. The highest BCUT2D eigenvalue weighted by atomic mass is 16.5. The second-order valence-corrected chi connectivity index (χ2v) is 44.4. The summed E-state index contributed by atoms with van der Waals surface area (Å²) in [5, 5.41) is 33.3. The molecule has 1 heterocycles. The third kappa shape index (κ3) is 23.5. The number of hydrogen-bond acceptors (Lipinski definition) is 19. The number of nitrogens with zero attached hydrogens (tertiary/aromatic N) is 1. The second kappa shape index (κ2) is 48.5. The van der Waals surface area contributed by atoms with Crippen LogP contribution in [0.1, 0.15) is 307 Å². The van der Waals surface area contributed by atoms with Gasteiger partial charge in [0.05, 0.1) is 39.6 Å². The van der Waals surface area contributed by atoms with Gasteiger partial charge in [0, 0.05) is 78.1 Å². The molecule has 13 rings (SSSR count). The normalized spacial score (nSPS) is 30.8. The van der Waals surface area contributed by atoms with Gasteiger partial charge in [-0.2, -0.15) is 0 Å². The number of allylic oxidation sites excluding steroid dienone is 3. The number of aliphatic hydroxyl groups is 3. The van der Waals surface area contributed by atoms with E-state index >= 15 is 0 Å². The van der Waals surface area contributed by atoms with E-state index in [0.717, 1.165) is 205 Å². The summed E-state index contributed by atoms with van der Waals surface area (Å²) in [7, 11) is 4.87. The van der Waals surface area contributed by atoms with Crippen molar-refractivity contribution >= 4 is 36.8 Å². The maximum absolute atomic E-state index is 14.3. The van der Waals surface area contributed by atoms with Gasteiger partial charge in [-0.1, -0.05) is 241 Å². The predicted octanol–water partition coefficient (Wildman–Crippen LogP) is 23.3. The van der Waals surface area contributed by atoms with Crippen LogP contribution in [0.2, 0.25) is 0 Å². The SMILES string of the molecule is CC(C)(C)c1cccc(C(C)(C)C)n1.CCCCOCCCCC1C(C)C(O)CC1[C@@]1(C=O)CC2C=C(C(C)C)[C@@]1(C(=O)OCc1ccc(OC)cc1)C2.CCCCOCCCCC1C(C)C(O)CC1[C@@]1(C=O)CC2C=C(C(C)C)[C@@]1(C(=O)OCc1ccc(OC)cc1)C2.CCCCOCCCCC1C(C)C(O)CC1[C@@]1(C=O)CC2C=C(C(C)C)[C@@]1(C(=O)OCc1ccc(OC)cc1)C2. The Bertz CT molecular complexity index is 4080. The Balaban J connectivity index is 0.000000194. The number of carbonyl (C=O) groups is 6. The van der Waals surface area contributed by atoms with E-state index < -0.39 is 50.8 Å². The van der Waals surface area contributed by atoms with Crippen molar-refractivity contribution in [2.45, 2.75) is 328 Å². The number of aldehydes is 3. The Kier molecular flexibility index (Phi) is 39.3. The van der Waals surface area contributed by atoms with Gasteiger partial charge in [-0.05, 0) is 270 Å². The minimum atomic E-state index is -0.976. The number of fused-ring (bicyclic) bond motifs is 6. The summed E-state index contributed by atoms with van der Waals surface area (Å²) in [5.41, 5.74) is 2.90. The molecule has 0 radical (unpaired) electrons. The first-order chi connectivity index (χ1) is 63.9. The number of benzene rings is 3. The highest BCUT2D eigenvalue weighted by molar-refractivity contribution is 5.91. The molecule has 134 heavy (non-hydrogen) atoms. The summed E-state index contributed by atoms with van der Waals surface area (Å²) in [5.74, 6) is 2.91. The lowest BCUT2D eigenvalue weighted by molar-refractivity contribution is -0.167. The van der Waals surface area contributed by atoms with Crippen LogP contribution in [0.3, 0.4) is 0 Å². The predicted molar refractivity (Wildman–Crippen MR) is 529 cm³/mol. The summed E-state index contributed by atoms with van der Waals surface area (Å²) in [6.45, 7) is 43.8. The van der Waals surface area contributed by atoms with Crippen molar-refractivity contribution in [3.05, 3.63) is 154 Å². The summed E-state index contributed by atoms with van der Waals surface area (Å²) < 4.78 is 51.3. The number of ether oxygens (including phenoxy) is 9. The number of methoxy groups -OCH3 is 3. The summed E-state index contributed by atoms with van der Waals surface area (Å²) in [6.07, 6.45) is 29.5. The van der Waals surface area contributed by atoms with Crippen LogP contribution in [-0.4, -0.2) is 136 Å². The number of hydrogen-bond donors (Lipinski definition) is 3. The lowest BCUT2D eigenvalue weighted by Gasteiger charge is -2.49. The summed E-state index contributed by atoms with van der Waals surface area (Å²) in [4.78, 5) is 87.8. The Labute approximate surface area is 805 Å². The molecular formula is C115H171NO18. The molecule has 0 saturated heterocycles. The summed E-state index contributed by atoms with van der Waals surface area (Å²) >= 11 is 0. The first-order valence-electron chi connectivity index (χ1n) is 51.6. The third-order valence-electron chi connectivity index (χ3n) is 33.1. The van der Waals surface area contributed by atoms with Crippen molar-refractivity contribution in [3.8, 4) is 17.2 Å². The number of aliphatic hydroxyl groups excluding tert-OH is 3. The Morgan fingerprint density at radius 2 is 0.642 bits per heavy atom. The lowest BCUT2D eigenvalue weighted by Crippen LogP contribution is -2.53. The Morgan fingerprint density at radius 3 is 0.866 bits per heavy atom. The zero-order valence-corrected chi connectivity index (χ0v) is 85.8. The van der Waals surface area contributed by atoms with Gasteiger partial charge in [0.25, 0.3) is 0 Å². The van der Waals surface area contributed by atoms with Crippen LogP contribution in [-0.2, 0) is 87.8 Å². The molecule has 744 valence electrons. The Morgan fingerprint density at radius 1 is 0.388 bits per heavy atom. The van der Waals surface area contributed by atoms with E-state index in [1.807, 2.05) is 72.8 Å². The molecule has 0 amide bonds. The van der Waals surface area contributed by atoms with Gasteiger partial charge < -0.3 is 72.3 Å². The topological polar surface area (TPSA) is 259 Å². The number of aromatic nitrogens is 1. The van der Waals surface area contributed by atoms with Crippen molar-refractivity contribution in [3.63, 3.8) is 0 Å². The van der Waals surface area contributed by atoms with Gasteiger partial charge in [-0.3, -0.25) is 19.4 Å². The molecule has 0 aliphatic heterocycles. The van der Waals surface area contributed by atoms with Gasteiger partial charge in [0.1, 0.15) is 72.2 Å². The smallest absolute Gasteiger partial charge is 0.317 e. The van der Waals surface area contributed by atoms with Crippen LogP contribution in [0.25, 0.3) is 0 Å². The number of carbonyl (C=O) groups excluding carboxylic acids is 6. The molecule has 21 atom stereocenters. The molecule has 19 heteroatoms. The van der Waals surface area contributed by atoms with E-state index in [-0.39, 0.29) is 137 Å². The largest absolute Gasteiger partial charge is 0.497 e. The van der Waals surface area contributed by atoms with Crippen LogP contribution in [0.4, 0.5) is 0 Å². The molecule has 19 nitrogen and oxygen atoms in total. The molecule has 3 N–H and O–H groups in total. The first kappa shape index (κ1) is 109. The molecule has 4 aromatic rings. The molecule has 3 aromatic carbocycles. The van der Waals surface area contributed by atoms with Crippen molar-refractivity contribution in [2.75, 3.05) is 61.0 Å². The highest BCUT2D eigenvalue weighted by Crippen LogP contribution is 2.75. The van der Waals surface area contributed by atoms with Crippen molar-refractivity contribution in [1.29, 1.82) is 0 Å². The fraction of sp³-hybridized carbons (Fsp3) is 0.696. The van der Waals surface area contributed by atoms with Crippen LogP contribution in [0.15, 0.2) is 126 Å². The molecule has 6 bridgehead atoms. The molecule has 9 aliphatic rings. The molecule has 15 unspecified atom stereocenters. The van der Waals surface area contributed by atoms with Gasteiger partial charge in [0.2, 0.25) is 0 Å². The zero-order valence-electron chi connectivity index (χ0n) is 85.8. The van der Waals surface area contributed by atoms with Gasteiger partial charge >= 0.3 is 17.9 Å². The van der Waals surface area contributed by atoms with E-state index in [4.69, 9.17) is 47.6 Å². The average molecular weight is 1860 g/mol. The number of rotatable bonds is 45. The van der Waals surface area contributed by atoms with Crippen LogP contribution >= 0.6 is 0 Å². The van der Waals surface area contributed by atoms with Crippen molar-refractivity contribution in [1.82, 2.24) is 4.98 Å². The molecule has 9 aliphatic carbocycles. The van der Waals surface area contributed by atoms with E-state index in [2.05, 4.69) is 161 Å². The van der Waals surface area contributed by atoms with Gasteiger partial charge in [-0.15, -0.1) is 0 Å². The van der Waals surface area contributed by atoms with E-state index in [1.165, 1.54) is 11.4 Å². The third-order valence-corrected chi connectivity index (χ3v) is 33.1. The van der Waals surface area contributed by atoms with Crippen molar-refractivity contribution in [2.24, 2.45) is 121 Å². The minimum Gasteiger partial charge on any atom is -0.497 e. The minimum absolute atomic E-state index is 0.0583. The lowest BCUT2D eigenvalue weighted by atomic mass is 9.52. The molecule has 0 spiro atoms. The molecule has 1 aromatic heterocycles. The van der Waals surface area contributed by atoms with Crippen LogP contribution < -0.4 is 14.2 Å². The molecule has 6 saturated carbocycles. The number of esters is 3. The standard InChI is InChI=1S/3C34H50O6.C13H21N/c3*1-6-7-15-39-16-9-8-10-28-24(4)31(36)18-30(28)33(22-35)19-26-17-29(23(2)3)34(33,20-26)32(37)40-21-25-11-13-27(38-5)14-12-25;1-12(2,3)10-8-7-9-11(14-10)13(4,5)6/h3*11-14,17,22-24,26,28,30-31,36H,6-10,15-16,18-21H2,1-5H3;7-9H,1-6H3/t3*24?,26?,28?,30?,31?,33-,34+;/m000./s1. The summed E-state index contributed by atoms with van der Waals surface area (Å²) in [6, 6.07) is 28.9. The Hall–Kier alpha value is -7.39. The van der Waals surface area contributed by atoms with E-state index in [0.29, 0.717) is 57.8 Å². The quantitative estimate of drug-likeness (QED) is 0.0122. The maximum Gasteiger partial charge on any atom is 0.317 e. The van der Waals surface area contributed by atoms with Gasteiger partial charge in [0.15, 0.2) is 0 Å². The average Bonchev–Trinajstić information content (AvgIpc) is 1.53. The fourth-order valence-electron chi connectivity index (χ4n) is 26.0. The van der Waals surface area contributed by atoms with Gasteiger partial charge in [-0.25, -0.2) is 0 Å². The maximum atomic E-state index is 14.3. The van der Waals surface area contributed by atoms with E-state index in [9.17, 15) is 44.1 Å². The molecule has 6 fully saturated rings. The first-order valence-corrected chi connectivity index (χ1v) is 51.6. The number of unbranched alkanes of at least 4 members (excludes halogenated alkanes) is 6. The second-order valence-electron chi connectivity index (χ2n) is 44.4. The van der Waals surface area contributed by atoms with E-state index in [1.54, 1.807) is 21.3 Å².